The molecule has 1 saturated heterocycles. The number of nitriles is 1. The summed E-state index contributed by atoms with van der Waals surface area (Å²) in [5.41, 5.74) is 8.48. The summed E-state index contributed by atoms with van der Waals surface area (Å²) in [6.45, 7) is 1.58. The Morgan fingerprint density at radius 3 is 2.94 bits per heavy atom. The van der Waals surface area contributed by atoms with Crippen molar-refractivity contribution in [2.75, 3.05) is 25.9 Å². The Balaban J connectivity index is 1.39. The Morgan fingerprint density at radius 1 is 1.31 bits per heavy atom. The topological polar surface area (TPSA) is 114 Å². The summed E-state index contributed by atoms with van der Waals surface area (Å²) in [5, 5.41) is 14.5. The van der Waals surface area contributed by atoms with Crippen molar-refractivity contribution >= 4 is 17.3 Å². The third-order valence-electron chi connectivity index (χ3n) is 8.04. The Labute approximate surface area is 213 Å². The highest BCUT2D eigenvalue weighted by Crippen LogP contribution is 2.54. The maximum Gasteiger partial charge on any atom is 0.218 e. The van der Waals surface area contributed by atoms with Gasteiger partial charge in [0, 0.05) is 17.7 Å². The van der Waals surface area contributed by atoms with Gasteiger partial charge in [-0.05, 0) is 75.7 Å². The largest absolute Gasteiger partial charge is 0.476 e. The number of anilines is 1. The Morgan fingerprint density at radius 2 is 2.17 bits per heavy atom. The van der Waals surface area contributed by atoms with Crippen molar-refractivity contribution < 1.29 is 13.7 Å². The first-order valence-electron chi connectivity index (χ1n) is 12.3. The normalized spacial score (nSPS) is 23.0. The highest BCUT2D eigenvalue weighted by Gasteiger charge is 2.49. The van der Waals surface area contributed by atoms with Crippen LogP contribution in [0, 0.1) is 17.1 Å². The second kappa shape index (κ2) is 8.71. The Hall–Kier alpha value is -3.22. The molecular formula is C26H26ClFN6O2. The van der Waals surface area contributed by atoms with Crippen LogP contribution in [0.4, 0.5) is 10.1 Å². The third-order valence-corrected chi connectivity index (χ3v) is 8.24. The molecule has 0 saturated carbocycles. The van der Waals surface area contributed by atoms with Gasteiger partial charge in [0.15, 0.2) is 17.3 Å². The van der Waals surface area contributed by atoms with Gasteiger partial charge in [-0.1, -0.05) is 16.8 Å². The number of rotatable bonds is 4. The molecule has 2 N–H and O–H groups in total. The van der Waals surface area contributed by atoms with E-state index in [9.17, 15) is 9.65 Å². The summed E-state index contributed by atoms with van der Waals surface area (Å²) >= 11 is 6.35. The van der Waals surface area contributed by atoms with Gasteiger partial charge < -0.3 is 19.9 Å². The van der Waals surface area contributed by atoms with E-state index < -0.39 is 11.2 Å². The number of likely N-dealkylation sites (N-methyl/N-ethyl adjacent to an activating group) is 1. The number of nitrogens with two attached hydrogens (primary N) is 1. The highest BCUT2D eigenvalue weighted by molar-refractivity contribution is 6.29. The number of aryl methyl sites for hydroxylation is 1. The Kier molecular flexibility index (Phi) is 5.61. The SMILES string of the molecule is CN1CCCC1COc1cc(Cl)nc(-c2noc3c2CCCC32CCc3cc(F)c(N)c(C#N)c32)n1. The van der Waals surface area contributed by atoms with E-state index in [1.165, 1.54) is 6.07 Å². The quantitative estimate of drug-likeness (QED) is 0.407. The van der Waals surface area contributed by atoms with Gasteiger partial charge >= 0.3 is 0 Å². The second-order valence-corrected chi connectivity index (χ2v) is 10.4. The van der Waals surface area contributed by atoms with Crippen molar-refractivity contribution in [3.05, 3.63) is 51.1 Å². The standard InChI is InChI=1S/C26H26ClFN6O2/c1-34-9-3-4-15(34)13-35-20-11-19(27)31-25(32-20)23-16-5-2-7-26(24(16)36-33-23)8-6-14-10-18(28)22(30)17(12-29)21(14)26/h10-11,15H,2-9,13,30H2,1H3. The second-order valence-electron chi connectivity index (χ2n) is 10.0. The van der Waals surface area contributed by atoms with Gasteiger partial charge in [-0.25, -0.2) is 9.37 Å². The molecule has 186 valence electrons. The van der Waals surface area contributed by atoms with Crippen molar-refractivity contribution in [3.8, 4) is 23.5 Å². The monoisotopic (exact) mass is 508 g/mol. The molecule has 3 aromatic rings. The minimum atomic E-state index is -0.577. The van der Waals surface area contributed by atoms with Gasteiger partial charge in [-0.15, -0.1) is 0 Å². The smallest absolute Gasteiger partial charge is 0.218 e. The number of halogens is 2. The first-order chi connectivity index (χ1) is 17.4. The van der Waals surface area contributed by atoms with E-state index in [1.807, 2.05) is 0 Å². The first kappa shape index (κ1) is 23.2. The van der Waals surface area contributed by atoms with Crippen molar-refractivity contribution in [2.45, 2.75) is 56.4 Å². The fraction of sp³-hybridized carbons (Fsp3) is 0.462. The van der Waals surface area contributed by atoms with Crippen LogP contribution in [0.5, 0.6) is 5.88 Å². The van der Waals surface area contributed by atoms with Gasteiger partial charge in [0.1, 0.15) is 23.6 Å². The van der Waals surface area contributed by atoms with Crippen molar-refractivity contribution in [3.63, 3.8) is 0 Å². The minimum Gasteiger partial charge on any atom is -0.476 e. The highest BCUT2D eigenvalue weighted by atomic mass is 35.5. The minimum absolute atomic E-state index is 0.114. The lowest BCUT2D eigenvalue weighted by molar-refractivity contribution is 0.193. The van der Waals surface area contributed by atoms with Crippen LogP contribution in [0.2, 0.25) is 5.15 Å². The van der Waals surface area contributed by atoms with Gasteiger partial charge in [0.2, 0.25) is 5.88 Å². The molecule has 1 fully saturated rings. The van der Waals surface area contributed by atoms with Gasteiger partial charge in [0.05, 0.1) is 16.7 Å². The lowest BCUT2D eigenvalue weighted by Gasteiger charge is -2.33. The maximum absolute atomic E-state index is 14.4. The van der Waals surface area contributed by atoms with Gasteiger partial charge in [-0.2, -0.15) is 10.2 Å². The number of fused-ring (bicyclic) bond motifs is 4. The molecule has 2 aliphatic carbocycles. The molecule has 2 atom stereocenters. The molecule has 3 aliphatic rings. The molecule has 6 rings (SSSR count). The molecule has 10 heteroatoms. The van der Waals surface area contributed by atoms with Crippen LogP contribution in [0.15, 0.2) is 16.7 Å². The lowest BCUT2D eigenvalue weighted by Crippen LogP contribution is -2.30. The molecule has 8 nitrogen and oxygen atoms in total. The number of hydrogen-bond acceptors (Lipinski definition) is 8. The fourth-order valence-electron chi connectivity index (χ4n) is 6.25. The van der Waals surface area contributed by atoms with E-state index in [0.717, 1.165) is 55.3 Å². The summed E-state index contributed by atoms with van der Waals surface area (Å²) in [5.74, 6) is 0.870. The average molecular weight is 509 g/mol. The number of hydrogen-bond donors (Lipinski definition) is 1. The molecule has 0 amide bonds. The molecule has 1 spiro atoms. The Bertz CT molecular complexity index is 1400. The number of nitrogens with zero attached hydrogens (tertiary/aromatic N) is 5. The van der Waals surface area contributed by atoms with Crippen LogP contribution in [0.1, 0.15) is 60.1 Å². The van der Waals surface area contributed by atoms with E-state index in [1.54, 1.807) is 6.07 Å². The molecule has 0 bridgehead atoms. The molecule has 1 aliphatic heterocycles. The summed E-state index contributed by atoms with van der Waals surface area (Å²) < 4.78 is 26.4. The summed E-state index contributed by atoms with van der Waals surface area (Å²) in [6, 6.07) is 5.55. The molecule has 1 aromatic carbocycles. The molecule has 2 unspecified atom stereocenters. The number of nitrogen functional groups attached to an aromatic ring is 1. The molecule has 36 heavy (non-hydrogen) atoms. The van der Waals surface area contributed by atoms with Crippen molar-refractivity contribution in [1.82, 2.24) is 20.0 Å². The van der Waals surface area contributed by atoms with Crippen LogP contribution < -0.4 is 10.5 Å². The summed E-state index contributed by atoms with van der Waals surface area (Å²) in [7, 11) is 2.10. The van der Waals surface area contributed by atoms with E-state index in [-0.39, 0.29) is 16.4 Å². The van der Waals surface area contributed by atoms with Gasteiger partial charge in [0.25, 0.3) is 0 Å². The van der Waals surface area contributed by atoms with E-state index >= 15 is 0 Å². The maximum atomic E-state index is 14.4. The van der Waals surface area contributed by atoms with E-state index in [4.69, 9.17) is 26.6 Å². The average Bonchev–Trinajstić information content (AvgIpc) is 3.57. The first-order valence-corrected chi connectivity index (χ1v) is 12.7. The molecule has 2 aromatic heterocycles. The zero-order valence-corrected chi connectivity index (χ0v) is 20.7. The van der Waals surface area contributed by atoms with Crippen molar-refractivity contribution in [2.24, 2.45) is 0 Å². The predicted molar refractivity (Wildman–Crippen MR) is 131 cm³/mol. The number of aromatic nitrogens is 3. The third kappa shape index (κ3) is 3.54. The summed E-state index contributed by atoms with van der Waals surface area (Å²) in [6.07, 6.45) is 5.91. The molecular weight excluding hydrogens is 483 g/mol. The van der Waals surface area contributed by atoms with E-state index in [2.05, 4.69) is 33.1 Å². The van der Waals surface area contributed by atoms with Crippen LogP contribution >= 0.6 is 11.6 Å². The number of ether oxygens (including phenoxy) is 1. The molecule has 0 radical (unpaired) electrons. The zero-order chi connectivity index (χ0) is 25.0. The number of likely N-dealkylation sites (tertiary alicyclic amines) is 1. The van der Waals surface area contributed by atoms with Crippen molar-refractivity contribution in [1.29, 1.82) is 5.26 Å². The van der Waals surface area contributed by atoms with Crippen LogP contribution in [0.25, 0.3) is 11.5 Å². The van der Waals surface area contributed by atoms with Crippen LogP contribution in [-0.4, -0.2) is 46.3 Å². The number of benzene rings is 1. The van der Waals surface area contributed by atoms with E-state index in [0.29, 0.717) is 48.6 Å². The van der Waals surface area contributed by atoms with Gasteiger partial charge in [-0.3, -0.25) is 0 Å². The summed E-state index contributed by atoms with van der Waals surface area (Å²) in [4.78, 5) is 11.3. The van der Waals surface area contributed by atoms with Crippen LogP contribution in [0.3, 0.4) is 0 Å². The fourth-order valence-corrected chi connectivity index (χ4v) is 6.42. The van der Waals surface area contributed by atoms with Crippen LogP contribution in [-0.2, 0) is 18.3 Å². The predicted octanol–water partition coefficient (Wildman–Crippen LogP) is 4.42. The molecule has 3 heterocycles. The lowest BCUT2D eigenvalue weighted by atomic mass is 9.68. The zero-order valence-electron chi connectivity index (χ0n) is 20.0.